The van der Waals surface area contributed by atoms with Gasteiger partial charge < -0.3 is 14.8 Å². The van der Waals surface area contributed by atoms with Crippen LogP contribution in [0.5, 0.6) is 11.5 Å². The van der Waals surface area contributed by atoms with Crippen molar-refractivity contribution in [2.75, 3.05) is 18.5 Å². The molecule has 1 unspecified atom stereocenters. The second-order valence-electron chi connectivity index (χ2n) is 7.01. The molecule has 0 amide bonds. The lowest BCUT2D eigenvalue weighted by atomic mass is 10.2. The Labute approximate surface area is 184 Å². The zero-order valence-electron chi connectivity index (χ0n) is 16.2. The molecule has 0 radical (unpaired) electrons. The summed E-state index contributed by atoms with van der Waals surface area (Å²) in [7, 11) is -2.13. The second-order valence-corrected chi connectivity index (χ2v) is 10.7. The van der Waals surface area contributed by atoms with Gasteiger partial charge in [0.25, 0.3) is 0 Å². The quantitative estimate of drug-likeness (QED) is 0.402. The van der Waals surface area contributed by atoms with Gasteiger partial charge in [0.15, 0.2) is 16.7 Å². The lowest BCUT2D eigenvalue weighted by Crippen LogP contribution is -2.25. The molecule has 7 nitrogen and oxygen atoms in total. The highest BCUT2D eigenvalue weighted by Gasteiger charge is 2.34. The van der Waals surface area contributed by atoms with Crippen molar-refractivity contribution in [3.8, 4) is 11.5 Å². The van der Waals surface area contributed by atoms with E-state index in [2.05, 4.69) is 20.3 Å². The van der Waals surface area contributed by atoms with Crippen molar-refractivity contribution in [2.45, 2.75) is 24.8 Å². The summed E-state index contributed by atoms with van der Waals surface area (Å²) in [5, 5.41) is 15.7. The predicted octanol–water partition coefficient (Wildman–Crippen LogP) is 5.19. The number of nitrogens with one attached hydrogen (secondary N) is 1. The minimum atomic E-state index is -2.13. The molecule has 0 spiro atoms. The van der Waals surface area contributed by atoms with Crippen molar-refractivity contribution < 1.29 is 9.47 Å². The number of anilines is 1. The highest BCUT2D eigenvalue weighted by Crippen LogP contribution is 2.56. The van der Waals surface area contributed by atoms with E-state index in [-0.39, 0.29) is 5.28 Å². The molecule has 2 aromatic heterocycles. The molecule has 2 aliphatic rings. The maximum absolute atomic E-state index is 6.91. The third-order valence-electron chi connectivity index (χ3n) is 4.89. The van der Waals surface area contributed by atoms with Crippen LogP contribution >= 0.6 is 33.2 Å². The Morgan fingerprint density at radius 2 is 1.97 bits per heavy atom. The van der Waals surface area contributed by atoms with E-state index in [1.165, 1.54) is 0 Å². The molecule has 3 aromatic rings. The fourth-order valence-electron chi connectivity index (χ4n) is 3.34. The molecule has 1 aromatic carbocycles. The third kappa shape index (κ3) is 3.41. The summed E-state index contributed by atoms with van der Waals surface area (Å²) < 4.78 is 12.6. The van der Waals surface area contributed by atoms with Crippen LogP contribution in [0.1, 0.15) is 18.4 Å². The number of aryl methyl sites for hydroxylation is 1. The molecular weight excluding hydrogens is 442 g/mol. The fraction of sp³-hybridized carbons (Fsp3) is 0.250. The van der Waals surface area contributed by atoms with E-state index in [0.717, 1.165) is 40.1 Å². The minimum absolute atomic E-state index is 0.183. The van der Waals surface area contributed by atoms with Crippen molar-refractivity contribution in [3.63, 3.8) is 0 Å². The van der Waals surface area contributed by atoms with Crippen LogP contribution in [0.3, 0.4) is 0 Å². The van der Waals surface area contributed by atoms with Crippen LogP contribution in [0.2, 0.25) is 5.28 Å². The Morgan fingerprint density at radius 1 is 1.17 bits per heavy atom. The van der Waals surface area contributed by atoms with Crippen molar-refractivity contribution in [3.05, 3.63) is 46.0 Å². The van der Waals surface area contributed by atoms with E-state index >= 15 is 0 Å². The van der Waals surface area contributed by atoms with Gasteiger partial charge in [-0.05, 0) is 59.9 Å². The normalized spacial score (nSPS) is 22.8. The number of benzene rings is 1. The molecule has 4 heterocycles. The molecule has 5 rings (SSSR count). The molecule has 10 heteroatoms. The number of hydrogen-bond donors (Lipinski definition) is 2. The maximum Gasteiger partial charge on any atom is 0.224 e. The number of nitrogens with two attached hydrogens (primary N) is 1. The van der Waals surface area contributed by atoms with Crippen molar-refractivity contribution in [2.24, 2.45) is 10.1 Å². The van der Waals surface area contributed by atoms with Gasteiger partial charge in [-0.1, -0.05) is 10.2 Å². The van der Waals surface area contributed by atoms with Crippen LogP contribution in [-0.2, 0) is 0 Å². The van der Waals surface area contributed by atoms with Crippen LogP contribution in [0, 0.1) is 6.92 Å². The van der Waals surface area contributed by atoms with E-state index in [0.29, 0.717) is 29.2 Å². The predicted molar refractivity (Wildman–Crippen MR) is 124 cm³/mol. The average Bonchev–Trinajstić information content (AvgIpc) is 3.26. The van der Waals surface area contributed by atoms with Crippen LogP contribution in [0.15, 0.2) is 45.2 Å². The van der Waals surface area contributed by atoms with Gasteiger partial charge in [0.2, 0.25) is 5.28 Å². The monoisotopic (exact) mass is 461 g/mol. The maximum atomic E-state index is 6.91. The number of rotatable bonds is 2. The van der Waals surface area contributed by atoms with E-state index in [4.69, 9.17) is 26.2 Å². The largest absolute Gasteiger partial charge is 0.490 e. The summed E-state index contributed by atoms with van der Waals surface area (Å²) in [6, 6.07) is 5.75. The summed E-state index contributed by atoms with van der Waals surface area (Å²) in [6.45, 7) is 3.37. The van der Waals surface area contributed by atoms with E-state index in [9.17, 15) is 0 Å². The number of fused-ring (bicyclic) bond motifs is 2. The molecular formula is C20H20ClN5O2S2. The number of thiophene rings is 1. The average molecular weight is 462 g/mol. The molecule has 3 N–H and O–H groups in total. The first-order valence-electron chi connectivity index (χ1n) is 9.48. The Morgan fingerprint density at radius 3 is 2.80 bits per heavy atom. The van der Waals surface area contributed by atoms with Crippen LogP contribution in [0.4, 0.5) is 5.69 Å². The van der Waals surface area contributed by atoms with Gasteiger partial charge in [0.05, 0.1) is 23.4 Å². The summed E-state index contributed by atoms with van der Waals surface area (Å²) in [5.74, 6) is 1.46. The molecule has 0 saturated heterocycles. The number of hydrogen-bond acceptors (Lipinski definition) is 8. The lowest BCUT2D eigenvalue weighted by molar-refractivity contribution is 0.223. The van der Waals surface area contributed by atoms with Gasteiger partial charge in [0, 0.05) is 18.0 Å². The number of halogens is 1. The Bertz CT molecular complexity index is 1200. The van der Waals surface area contributed by atoms with Crippen LogP contribution < -0.4 is 19.9 Å². The summed E-state index contributed by atoms with van der Waals surface area (Å²) in [6.07, 6.45) is 3.67. The number of aromatic nitrogens is 2. The van der Waals surface area contributed by atoms with Gasteiger partial charge in [-0.15, -0.1) is 11.3 Å². The SMILES string of the molecule is Cc1csc2c(S3(N)C=CN=C3Nc3ccc4c(c3)OCCCCO4)nc(Cl)nc12. The molecule has 1 atom stereocenters. The van der Waals surface area contributed by atoms with E-state index < -0.39 is 10.2 Å². The number of ether oxygens (including phenoxy) is 2. The smallest absolute Gasteiger partial charge is 0.224 e. The highest BCUT2D eigenvalue weighted by molar-refractivity contribution is 8.46. The van der Waals surface area contributed by atoms with Gasteiger partial charge in [-0.25, -0.2) is 15.0 Å². The number of aliphatic imine (C=N–C) groups is 1. The van der Waals surface area contributed by atoms with Gasteiger partial charge in [-0.3, -0.25) is 5.14 Å². The standard InChI is InChI=1S/C20H20ClN5O2S2/c1-12-11-29-17-16(12)25-19(21)26-18(17)30(22)9-6-23-20(30)24-13-4-5-14-15(10-13)28-8-3-2-7-27-14/h4-6,9-11H,2-3,7-8,22H2,1H3,(H,23,24). The Balaban J connectivity index is 1.50. The molecule has 0 bridgehead atoms. The van der Waals surface area contributed by atoms with Crippen molar-refractivity contribution >= 4 is 54.2 Å². The van der Waals surface area contributed by atoms with Gasteiger partial charge in [-0.2, -0.15) is 0 Å². The molecule has 30 heavy (non-hydrogen) atoms. The molecule has 0 saturated carbocycles. The summed E-state index contributed by atoms with van der Waals surface area (Å²) >= 11 is 7.80. The summed E-state index contributed by atoms with van der Waals surface area (Å²) in [5.41, 5.74) is 2.70. The number of nitrogens with zero attached hydrogens (tertiary/aromatic N) is 3. The third-order valence-corrected chi connectivity index (χ3v) is 8.62. The van der Waals surface area contributed by atoms with Gasteiger partial charge >= 0.3 is 0 Å². The highest BCUT2D eigenvalue weighted by atomic mass is 35.5. The first-order valence-corrected chi connectivity index (χ1v) is 12.5. The van der Waals surface area contributed by atoms with E-state index in [1.807, 2.05) is 35.9 Å². The fourth-order valence-corrected chi connectivity index (χ4v) is 6.84. The van der Waals surface area contributed by atoms with Crippen molar-refractivity contribution in [1.82, 2.24) is 9.97 Å². The zero-order valence-corrected chi connectivity index (χ0v) is 18.6. The number of amidine groups is 1. The van der Waals surface area contributed by atoms with Crippen LogP contribution in [0.25, 0.3) is 10.2 Å². The molecule has 0 aliphatic carbocycles. The topological polar surface area (TPSA) is 94.7 Å². The minimum Gasteiger partial charge on any atom is -0.490 e. The second kappa shape index (κ2) is 7.73. The summed E-state index contributed by atoms with van der Waals surface area (Å²) in [4.78, 5) is 13.4. The molecule has 0 fully saturated rings. The Kier molecular flexibility index (Phi) is 5.06. The van der Waals surface area contributed by atoms with E-state index in [1.54, 1.807) is 17.5 Å². The van der Waals surface area contributed by atoms with Crippen LogP contribution in [-0.4, -0.2) is 28.3 Å². The van der Waals surface area contributed by atoms with Gasteiger partial charge in [0.1, 0.15) is 5.03 Å². The molecule has 2 aliphatic heterocycles. The lowest BCUT2D eigenvalue weighted by Gasteiger charge is -2.30. The first-order chi connectivity index (χ1) is 14.5. The first kappa shape index (κ1) is 19.6. The zero-order chi connectivity index (χ0) is 20.7. The molecule has 156 valence electrons. The van der Waals surface area contributed by atoms with Crippen molar-refractivity contribution in [1.29, 1.82) is 0 Å². The Hall–Kier alpha value is -2.33.